The van der Waals surface area contributed by atoms with Crippen LogP contribution in [0.4, 0.5) is 0 Å². The second-order valence-electron chi connectivity index (χ2n) is 5.05. The second kappa shape index (κ2) is 6.71. The molecule has 1 aromatic heterocycles. The summed E-state index contributed by atoms with van der Waals surface area (Å²) in [6.07, 6.45) is 1.66. The fourth-order valence-electron chi connectivity index (χ4n) is 2.45. The smallest absolute Gasteiger partial charge is 0.276 e. The van der Waals surface area contributed by atoms with Crippen LogP contribution in [0.3, 0.4) is 0 Å². The van der Waals surface area contributed by atoms with Crippen molar-refractivity contribution in [3.8, 4) is 0 Å². The number of ether oxygens (including phenoxy) is 1. The van der Waals surface area contributed by atoms with Gasteiger partial charge in [0.25, 0.3) is 10.0 Å². The summed E-state index contributed by atoms with van der Waals surface area (Å²) in [5, 5.41) is 2.97. The van der Waals surface area contributed by atoms with Gasteiger partial charge in [-0.3, -0.25) is 0 Å². The molecule has 2 heterocycles. The van der Waals surface area contributed by atoms with E-state index in [-0.39, 0.29) is 5.09 Å². The maximum atomic E-state index is 12.4. The summed E-state index contributed by atoms with van der Waals surface area (Å²) in [7, 11) is -0.0350. The van der Waals surface area contributed by atoms with E-state index in [2.05, 4.69) is 5.32 Å². The van der Waals surface area contributed by atoms with Crippen molar-refractivity contribution < 1.29 is 17.6 Å². The Balaban J connectivity index is 2.03. The van der Waals surface area contributed by atoms with Crippen LogP contribution in [0.5, 0.6) is 0 Å². The van der Waals surface area contributed by atoms with E-state index in [1.165, 1.54) is 10.4 Å². The third-order valence-corrected chi connectivity index (χ3v) is 5.33. The molecule has 0 radical (unpaired) electrons. The van der Waals surface area contributed by atoms with Gasteiger partial charge in [0.1, 0.15) is 5.76 Å². The van der Waals surface area contributed by atoms with Gasteiger partial charge in [-0.05, 0) is 37.9 Å². The lowest BCUT2D eigenvalue weighted by molar-refractivity contribution is 0.121. The molecule has 0 unspecified atom stereocenters. The van der Waals surface area contributed by atoms with Gasteiger partial charge in [-0.1, -0.05) is 0 Å². The Kier molecular flexibility index (Phi) is 5.20. The minimum atomic E-state index is -3.50. The van der Waals surface area contributed by atoms with E-state index in [9.17, 15) is 8.42 Å². The number of nitrogens with one attached hydrogen (secondary N) is 1. The van der Waals surface area contributed by atoms with Crippen LogP contribution >= 0.6 is 0 Å². The molecule has 1 N–H and O–H groups in total. The Bertz CT molecular complexity index is 518. The van der Waals surface area contributed by atoms with E-state index >= 15 is 0 Å². The number of hydrogen-bond donors (Lipinski definition) is 1. The zero-order valence-electron chi connectivity index (χ0n) is 12.0. The van der Waals surface area contributed by atoms with Crippen LogP contribution < -0.4 is 5.32 Å². The monoisotopic (exact) mass is 302 g/mol. The number of sulfonamides is 1. The summed E-state index contributed by atoms with van der Waals surface area (Å²) in [5.41, 5.74) is 0. The largest absolute Gasteiger partial charge is 0.447 e. The van der Waals surface area contributed by atoms with Crippen LogP contribution in [0.25, 0.3) is 0 Å². The summed E-state index contributed by atoms with van der Waals surface area (Å²) in [4.78, 5) is 0. The minimum absolute atomic E-state index is 0.0351. The highest BCUT2D eigenvalue weighted by molar-refractivity contribution is 7.89. The Morgan fingerprint density at radius 3 is 2.70 bits per heavy atom. The first-order valence-electron chi connectivity index (χ1n) is 6.80. The molecular formula is C13H22N2O4S. The molecule has 0 aliphatic carbocycles. The Hall–Kier alpha value is -0.890. The lowest BCUT2D eigenvalue weighted by Crippen LogP contribution is -2.39. The maximum Gasteiger partial charge on any atom is 0.276 e. The summed E-state index contributed by atoms with van der Waals surface area (Å²) >= 11 is 0. The van der Waals surface area contributed by atoms with Crippen molar-refractivity contribution in [1.82, 2.24) is 9.62 Å². The molecule has 1 fully saturated rings. The fraction of sp³-hybridized carbons (Fsp3) is 0.692. The van der Waals surface area contributed by atoms with Crippen molar-refractivity contribution in [3.63, 3.8) is 0 Å². The van der Waals surface area contributed by atoms with Crippen molar-refractivity contribution in [3.05, 3.63) is 17.9 Å². The molecule has 0 saturated carbocycles. The maximum absolute atomic E-state index is 12.4. The van der Waals surface area contributed by atoms with Crippen LogP contribution in [-0.2, 0) is 21.3 Å². The summed E-state index contributed by atoms with van der Waals surface area (Å²) in [5.74, 6) is 1.07. The molecule has 0 aromatic carbocycles. The zero-order chi connectivity index (χ0) is 14.6. The third kappa shape index (κ3) is 3.41. The average molecular weight is 302 g/mol. The molecule has 1 saturated heterocycles. The topological polar surface area (TPSA) is 71.8 Å². The molecule has 2 rings (SSSR count). The first-order valence-corrected chi connectivity index (χ1v) is 8.24. The first-order chi connectivity index (χ1) is 9.57. The van der Waals surface area contributed by atoms with Crippen molar-refractivity contribution in [2.45, 2.75) is 24.5 Å². The lowest BCUT2D eigenvalue weighted by Gasteiger charge is -2.30. The molecule has 114 valence electrons. The van der Waals surface area contributed by atoms with Crippen LogP contribution in [0.1, 0.15) is 18.6 Å². The number of piperidine rings is 1. The van der Waals surface area contributed by atoms with Gasteiger partial charge >= 0.3 is 0 Å². The quantitative estimate of drug-likeness (QED) is 0.850. The number of methoxy groups -OCH3 is 1. The van der Waals surface area contributed by atoms with Crippen LogP contribution in [0, 0.1) is 5.92 Å². The Labute approximate surface area is 120 Å². The van der Waals surface area contributed by atoms with E-state index in [0.29, 0.717) is 37.9 Å². The fourth-order valence-corrected chi connectivity index (χ4v) is 3.84. The van der Waals surface area contributed by atoms with E-state index in [0.717, 1.165) is 12.8 Å². The molecule has 1 aliphatic heterocycles. The highest BCUT2D eigenvalue weighted by Crippen LogP contribution is 2.25. The van der Waals surface area contributed by atoms with Gasteiger partial charge in [0, 0.05) is 26.8 Å². The Morgan fingerprint density at radius 2 is 2.10 bits per heavy atom. The third-order valence-electron chi connectivity index (χ3n) is 3.56. The number of furan rings is 1. The normalized spacial score (nSPS) is 18.5. The molecule has 0 atom stereocenters. The molecule has 0 amide bonds. The van der Waals surface area contributed by atoms with Gasteiger partial charge in [-0.2, -0.15) is 4.31 Å². The van der Waals surface area contributed by atoms with E-state index < -0.39 is 10.0 Å². The van der Waals surface area contributed by atoms with Gasteiger partial charge < -0.3 is 14.5 Å². The standard InChI is InChI=1S/C13H22N2O4S/c1-14-9-12-3-4-13(19-12)20(16,17)15-7-5-11(6-8-15)10-18-2/h3-4,11,14H,5-10H2,1-2H3. The van der Waals surface area contributed by atoms with Crippen LogP contribution in [-0.4, -0.2) is 46.6 Å². The summed E-state index contributed by atoms with van der Waals surface area (Å²) < 4.78 is 36.9. The SMILES string of the molecule is CNCc1ccc(S(=O)(=O)N2CCC(COC)CC2)o1. The van der Waals surface area contributed by atoms with Crippen LogP contribution in [0.2, 0.25) is 0 Å². The molecule has 0 bridgehead atoms. The zero-order valence-corrected chi connectivity index (χ0v) is 12.8. The molecular weight excluding hydrogens is 280 g/mol. The van der Waals surface area contributed by atoms with Crippen molar-refractivity contribution in [2.24, 2.45) is 5.92 Å². The summed E-state index contributed by atoms with van der Waals surface area (Å²) in [6, 6.07) is 3.23. The predicted octanol–water partition coefficient (Wildman–Crippen LogP) is 1.05. The molecule has 6 nitrogen and oxygen atoms in total. The van der Waals surface area contributed by atoms with E-state index in [1.807, 2.05) is 0 Å². The molecule has 7 heteroatoms. The van der Waals surface area contributed by atoms with Crippen molar-refractivity contribution >= 4 is 10.0 Å². The van der Waals surface area contributed by atoms with Gasteiger partial charge in [0.2, 0.25) is 5.09 Å². The number of rotatable bonds is 6. The van der Waals surface area contributed by atoms with Gasteiger partial charge in [0.05, 0.1) is 6.54 Å². The number of hydrogen-bond acceptors (Lipinski definition) is 5. The molecule has 1 aliphatic rings. The van der Waals surface area contributed by atoms with Gasteiger partial charge in [-0.25, -0.2) is 8.42 Å². The average Bonchev–Trinajstić information content (AvgIpc) is 2.90. The molecule has 0 spiro atoms. The molecule has 1 aromatic rings. The molecule has 20 heavy (non-hydrogen) atoms. The number of nitrogens with zero attached hydrogens (tertiary/aromatic N) is 1. The summed E-state index contributed by atoms with van der Waals surface area (Å²) in [6.45, 7) is 2.27. The van der Waals surface area contributed by atoms with Crippen LogP contribution in [0.15, 0.2) is 21.6 Å². The van der Waals surface area contributed by atoms with Crippen molar-refractivity contribution in [2.75, 3.05) is 33.9 Å². The van der Waals surface area contributed by atoms with Crippen molar-refractivity contribution in [1.29, 1.82) is 0 Å². The predicted molar refractivity (Wildman–Crippen MR) is 74.8 cm³/mol. The second-order valence-corrected chi connectivity index (χ2v) is 6.92. The highest BCUT2D eigenvalue weighted by atomic mass is 32.2. The van der Waals surface area contributed by atoms with Gasteiger partial charge in [-0.15, -0.1) is 0 Å². The Morgan fingerprint density at radius 1 is 1.40 bits per heavy atom. The van der Waals surface area contributed by atoms with Gasteiger partial charge in [0.15, 0.2) is 0 Å². The minimum Gasteiger partial charge on any atom is -0.447 e. The van der Waals surface area contributed by atoms with E-state index in [4.69, 9.17) is 9.15 Å². The first kappa shape index (κ1) is 15.5. The highest BCUT2D eigenvalue weighted by Gasteiger charge is 2.31. The lowest BCUT2D eigenvalue weighted by atomic mass is 9.99. The van der Waals surface area contributed by atoms with E-state index in [1.54, 1.807) is 20.2 Å².